The molecule has 2 nitrogen and oxygen atoms in total. The Labute approximate surface area is 121 Å². The molecule has 3 heteroatoms. The molecular formula is C17H25FN2. The lowest BCUT2D eigenvalue weighted by Crippen LogP contribution is -2.36. The van der Waals surface area contributed by atoms with Gasteiger partial charge >= 0.3 is 0 Å². The van der Waals surface area contributed by atoms with Crippen molar-refractivity contribution in [2.45, 2.75) is 38.1 Å². The van der Waals surface area contributed by atoms with Gasteiger partial charge < -0.3 is 5.32 Å². The molecule has 0 radical (unpaired) electrons. The molecule has 0 amide bonds. The van der Waals surface area contributed by atoms with Crippen LogP contribution in [-0.4, -0.2) is 31.6 Å². The average Bonchev–Trinajstić information content (AvgIpc) is 2.91. The molecule has 0 bridgehead atoms. The molecule has 1 aliphatic carbocycles. The van der Waals surface area contributed by atoms with E-state index in [-0.39, 0.29) is 5.82 Å². The van der Waals surface area contributed by atoms with Crippen molar-refractivity contribution in [3.63, 3.8) is 0 Å². The first-order chi connectivity index (χ1) is 9.79. The van der Waals surface area contributed by atoms with Crippen molar-refractivity contribution in [2.24, 2.45) is 5.92 Å². The molecule has 20 heavy (non-hydrogen) atoms. The van der Waals surface area contributed by atoms with Gasteiger partial charge in [0.2, 0.25) is 0 Å². The van der Waals surface area contributed by atoms with E-state index in [9.17, 15) is 4.39 Å². The minimum Gasteiger partial charge on any atom is -0.320 e. The van der Waals surface area contributed by atoms with Gasteiger partial charge in [-0.25, -0.2) is 4.39 Å². The van der Waals surface area contributed by atoms with E-state index in [1.807, 2.05) is 13.1 Å². The van der Waals surface area contributed by atoms with Crippen LogP contribution in [0.4, 0.5) is 4.39 Å². The summed E-state index contributed by atoms with van der Waals surface area (Å²) in [7, 11) is 2.03. The fourth-order valence-corrected chi connectivity index (χ4v) is 3.87. The van der Waals surface area contributed by atoms with E-state index in [0.717, 1.165) is 30.9 Å². The van der Waals surface area contributed by atoms with Gasteiger partial charge in [0, 0.05) is 6.04 Å². The number of hydrogen-bond donors (Lipinski definition) is 1. The normalized spacial score (nSPS) is 24.0. The Bertz CT molecular complexity index is 452. The van der Waals surface area contributed by atoms with Gasteiger partial charge in [0.25, 0.3) is 0 Å². The van der Waals surface area contributed by atoms with Crippen LogP contribution in [0.3, 0.4) is 0 Å². The van der Waals surface area contributed by atoms with Crippen molar-refractivity contribution in [1.82, 2.24) is 10.2 Å². The second kappa shape index (κ2) is 6.23. The molecule has 0 saturated carbocycles. The number of likely N-dealkylation sites (tertiary alicyclic amines) is 1. The van der Waals surface area contributed by atoms with Crippen molar-refractivity contribution >= 4 is 0 Å². The maximum atomic E-state index is 13.8. The topological polar surface area (TPSA) is 15.3 Å². The maximum absolute atomic E-state index is 13.8. The third-order valence-electron chi connectivity index (χ3n) is 5.07. The highest BCUT2D eigenvalue weighted by atomic mass is 19.1. The maximum Gasteiger partial charge on any atom is 0.126 e. The quantitative estimate of drug-likeness (QED) is 0.909. The summed E-state index contributed by atoms with van der Waals surface area (Å²) < 4.78 is 13.8. The van der Waals surface area contributed by atoms with Crippen molar-refractivity contribution in [3.05, 3.63) is 35.1 Å². The fraction of sp³-hybridized carbons (Fsp3) is 0.647. The highest BCUT2D eigenvalue weighted by Crippen LogP contribution is 2.38. The van der Waals surface area contributed by atoms with Crippen LogP contribution < -0.4 is 5.32 Å². The summed E-state index contributed by atoms with van der Waals surface area (Å²) >= 11 is 0. The molecule has 1 saturated heterocycles. The molecule has 1 fully saturated rings. The van der Waals surface area contributed by atoms with Gasteiger partial charge in [-0.2, -0.15) is 0 Å². The molecule has 0 spiro atoms. The minimum atomic E-state index is -0.00564. The van der Waals surface area contributed by atoms with E-state index in [4.69, 9.17) is 0 Å². The number of benzene rings is 1. The van der Waals surface area contributed by atoms with E-state index < -0.39 is 0 Å². The van der Waals surface area contributed by atoms with Crippen molar-refractivity contribution < 1.29 is 4.39 Å². The Morgan fingerprint density at radius 2 is 2.05 bits per heavy atom. The monoisotopic (exact) mass is 276 g/mol. The molecule has 3 rings (SSSR count). The Morgan fingerprint density at radius 1 is 1.25 bits per heavy atom. The van der Waals surface area contributed by atoms with E-state index >= 15 is 0 Å². The van der Waals surface area contributed by atoms with E-state index in [2.05, 4.69) is 16.3 Å². The molecule has 1 atom stereocenters. The number of fused-ring (bicyclic) bond motifs is 1. The molecule has 1 aromatic rings. The third kappa shape index (κ3) is 2.75. The van der Waals surface area contributed by atoms with Crippen molar-refractivity contribution in [1.29, 1.82) is 0 Å². The summed E-state index contributed by atoms with van der Waals surface area (Å²) in [4.78, 5) is 2.58. The van der Waals surface area contributed by atoms with E-state index in [1.165, 1.54) is 37.9 Å². The number of nitrogens with one attached hydrogen (secondary N) is 1. The Morgan fingerprint density at radius 3 is 2.80 bits per heavy atom. The van der Waals surface area contributed by atoms with Crippen molar-refractivity contribution in [2.75, 3.05) is 26.7 Å². The highest BCUT2D eigenvalue weighted by Gasteiger charge is 2.31. The summed E-state index contributed by atoms with van der Waals surface area (Å²) in [5, 5.41) is 3.25. The predicted octanol–water partition coefficient (Wildman–Crippen LogP) is 3.13. The van der Waals surface area contributed by atoms with Crippen molar-refractivity contribution in [3.8, 4) is 0 Å². The molecule has 1 N–H and O–H groups in total. The molecular weight excluding hydrogens is 251 g/mol. The number of halogens is 1. The summed E-state index contributed by atoms with van der Waals surface area (Å²) in [6, 6.07) is 6.06. The molecule has 2 aliphatic rings. The lowest BCUT2D eigenvalue weighted by atomic mass is 9.92. The van der Waals surface area contributed by atoms with Gasteiger partial charge in [-0.15, -0.1) is 0 Å². The van der Waals surface area contributed by atoms with Gasteiger partial charge in [0.1, 0.15) is 5.82 Å². The first kappa shape index (κ1) is 14.0. The van der Waals surface area contributed by atoms with E-state index in [0.29, 0.717) is 6.04 Å². The Hall–Kier alpha value is -0.930. The summed E-state index contributed by atoms with van der Waals surface area (Å²) in [6.45, 7) is 3.48. The zero-order valence-electron chi connectivity index (χ0n) is 12.4. The lowest BCUT2D eigenvalue weighted by Gasteiger charge is -2.36. The Kier molecular flexibility index (Phi) is 4.37. The van der Waals surface area contributed by atoms with Gasteiger partial charge in [0.05, 0.1) is 0 Å². The van der Waals surface area contributed by atoms with Gasteiger partial charge in [-0.1, -0.05) is 12.1 Å². The number of rotatable bonds is 4. The van der Waals surface area contributed by atoms with Crippen LogP contribution in [0.15, 0.2) is 18.2 Å². The average molecular weight is 276 g/mol. The van der Waals surface area contributed by atoms with Crippen LogP contribution >= 0.6 is 0 Å². The van der Waals surface area contributed by atoms with Crippen LogP contribution in [0.5, 0.6) is 0 Å². The van der Waals surface area contributed by atoms with Crippen LogP contribution in [0.2, 0.25) is 0 Å². The Balaban J connectivity index is 1.62. The standard InChI is InChI=1S/C17H25FN2/c1-19-10-7-13-8-11-20(12-9-13)17-6-5-14-15(17)3-2-4-16(14)18/h2-4,13,17,19H,5-12H2,1H3. The number of piperidine rings is 1. The molecule has 0 aromatic heterocycles. The fourth-order valence-electron chi connectivity index (χ4n) is 3.87. The number of nitrogens with zero attached hydrogens (tertiary/aromatic N) is 1. The molecule has 110 valence electrons. The van der Waals surface area contributed by atoms with Gasteiger partial charge in [0.15, 0.2) is 0 Å². The number of hydrogen-bond acceptors (Lipinski definition) is 2. The van der Waals surface area contributed by atoms with Crippen LogP contribution in [0.1, 0.15) is 42.9 Å². The van der Waals surface area contributed by atoms with Crippen LogP contribution in [0, 0.1) is 11.7 Å². The molecule has 1 heterocycles. The molecule has 1 aliphatic heterocycles. The first-order valence-corrected chi connectivity index (χ1v) is 7.95. The molecule has 1 aromatic carbocycles. The molecule has 1 unspecified atom stereocenters. The predicted molar refractivity (Wildman–Crippen MR) is 80.3 cm³/mol. The first-order valence-electron chi connectivity index (χ1n) is 7.95. The second-order valence-corrected chi connectivity index (χ2v) is 6.23. The summed E-state index contributed by atoms with van der Waals surface area (Å²) in [6.07, 6.45) is 5.88. The summed E-state index contributed by atoms with van der Waals surface area (Å²) in [5.41, 5.74) is 2.22. The highest BCUT2D eigenvalue weighted by molar-refractivity contribution is 5.35. The summed E-state index contributed by atoms with van der Waals surface area (Å²) in [5.74, 6) is 0.862. The SMILES string of the molecule is CNCCC1CCN(C2CCc3c(F)cccc32)CC1. The van der Waals surface area contributed by atoms with Crippen LogP contribution in [-0.2, 0) is 6.42 Å². The second-order valence-electron chi connectivity index (χ2n) is 6.23. The van der Waals surface area contributed by atoms with E-state index in [1.54, 1.807) is 6.07 Å². The minimum absolute atomic E-state index is 0.00564. The zero-order chi connectivity index (χ0) is 13.9. The third-order valence-corrected chi connectivity index (χ3v) is 5.07. The smallest absolute Gasteiger partial charge is 0.126 e. The lowest BCUT2D eigenvalue weighted by molar-refractivity contribution is 0.129. The zero-order valence-corrected chi connectivity index (χ0v) is 12.4. The van der Waals surface area contributed by atoms with Crippen LogP contribution in [0.25, 0.3) is 0 Å². The van der Waals surface area contributed by atoms with Gasteiger partial charge in [-0.3, -0.25) is 4.90 Å². The van der Waals surface area contributed by atoms with Gasteiger partial charge in [-0.05, 0) is 81.9 Å². The largest absolute Gasteiger partial charge is 0.320 e.